The second-order valence-electron chi connectivity index (χ2n) is 10.7. The van der Waals surface area contributed by atoms with Crippen LogP contribution in [-0.4, -0.2) is 73.6 Å². The third-order valence-electron chi connectivity index (χ3n) is 7.77. The lowest BCUT2D eigenvalue weighted by Crippen LogP contribution is -2.72. The van der Waals surface area contributed by atoms with Crippen molar-refractivity contribution in [2.45, 2.75) is 26.1 Å². The van der Waals surface area contributed by atoms with Crippen LogP contribution in [0.4, 0.5) is 24.7 Å². The standard InChI is InChI=1S/C28H27F3N10O2/c1-2-17-9-18(3-4-19(17)26(43)36-11-22(42)39-15-27(16-39)13-33-14-27)37-24-25-35-10-21(41(25)8-6-34-24)20-12-40(7-5-32)38-23(20)28(29,30)31/h3-4,6,8-10,12,33H,2,7,11,13-16H2,1H3,(H,34,37)(H,36,43). The number of hydrogen-bond acceptors (Lipinski definition) is 8. The molecular formula is C28H27F3N10O2. The predicted molar refractivity (Wildman–Crippen MR) is 148 cm³/mol. The monoisotopic (exact) mass is 592 g/mol. The van der Waals surface area contributed by atoms with Gasteiger partial charge in [0.15, 0.2) is 17.2 Å². The van der Waals surface area contributed by atoms with E-state index in [4.69, 9.17) is 5.26 Å². The van der Waals surface area contributed by atoms with Crippen molar-refractivity contribution in [3.8, 4) is 17.3 Å². The van der Waals surface area contributed by atoms with E-state index in [9.17, 15) is 22.8 Å². The minimum absolute atomic E-state index is 0.0783. The zero-order chi connectivity index (χ0) is 30.4. The molecule has 0 radical (unpaired) electrons. The first-order valence-corrected chi connectivity index (χ1v) is 13.6. The molecule has 4 aromatic rings. The lowest BCUT2D eigenvalue weighted by atomic mass is 9.74. The fourth-order valence-electron chi connectivity index (χ4n) is 5.51. The highest BCUT2D eigenvalue weighted by Crippen LogP contribution is 2.37. The normalized spacial score (nSPS) is 15.6. The Morgan fingerprint density at radius 3 is 2.67 bits per heavy atom. The molecule has 43 heavy (non-hydrogen) atoms. The van der Waals surface area contributed by atoms with Crippen molar-refractivity contribution in [1.82, 2.24) is 39.7 Å². The SMILES string of the molecule is CCc1cc(Nc2nccn3c(-c4cn(CC#N)nc4C(F)(F)F)cnc23)ccc1C(=O)NCC(=O)N1CC2(CNC2)C1. The molecule has 3 N–H and O–H groups in total. The van der Waals surface area contributed by atoms with E-state index in [1.165, 1.54) is 29.2 Å². The summed E-state index contributed by atoms with van der Waals surface area (Å²) in [6.07, 6.45) is 1.16. The maximum Gasteiger partial charge on any atom is 0.435 e. The van der Waals surface area contributed by atoms with Gasteiger partial charge in [-0.25, -0.2) is 9.97 Å². The van der Waals surface area contributed by atoms with Gasteiger partial charge in [0.1, 0.15) is 6.54 Å². The van der Waals surface area contributed by atoms with Crippen molar-refractivity contribution in [2.75, 3.05) is 38.0 Å². The Morgan fingerprint density at radius 2 is 2.00 bits per heavy atom. The topological polar surface area (TPSA) is 145 Å². The summed E-state index contributed by atoms with van der Waals surface area (Å²) in [5.74, 6) is -0.182. The molecule has 1 spiro atoms. The highest BCUT2D eigenvalue weighted by molar-refractivity contribution is 5.98. The zero-order valence-electron chi connectivity index (χ0n) is 23.1. The number of fused-ring (bicyclic) bond motifs is 1. The maximum atomic E-state index is 13.7. The molecule has 3 aromatic heterocycles. The average molecular weight is 593 g/mol. The van der Waals surface area contributed by atoms with Crippen molar-refractivity contribution in [3.63, 3.8) is 0 Å². The zero-order valence-corrected chi connectivity index (χ0v) is 23.1. The van der Waals surface area contributed by atoms with E-state index in [1.807, 2.05) is 6.92 Å². The number of carbonyl (C=O) groups excluding carboxylic acids is 2. The highest BCUT2D eigenvalue weighted by Gasteiger charge is 2.49. The fraction of sp³-hybridized carbons (Fsp3) is 0.357. The molecule has 6 rings (SSSR count). The Labute approximate surface area is 243 Å². The number of hydrogen-bond donors (Lipinski definition) is 3. The minimum Gasteiger partial charge on any atom is -0.343 e. The number of nitriles is 1. The number of carbonyl (C=O) groups is 2. The van der Waals surface area contributed by atoms with Gasteiger partial charge in [0.05, 0.1) is 30.1 Å². The van der Waals surface area contributed by atoms with Gasteiger partial charge in [0.2, 0.25) is 5.91 Å². The summed E-state index contributed by atoms with van der Waals surface area (Å²) >= 11 is 0. The number of amides is 2. The van der Waals surface area contributed by atoms with Gasteiger partial charge in [-0.15, -0.1) is 0 Å². The largest absolute Gasteiger partial charge is 0.435 e. The number of alkyl halides is 3. The third-order valence-corrected chi connectivity index (χ3v) is 7.77. The van der Waals surface area contributed by atoms with Crippen molar-refractivity contribution in [3.05, 3.63) is 59.8 Å². The first-order valence-electron chi connectivity index (χ1n) is 13.6. The molecule has 0 aliphatic carbocycles. The number of benzene rings is 1. The van der Waals surface area contributed by atoms with Crippen LogP contribution >= 0.6 is 0 Å². The summed E-state index contributed by atoms with van der Waals surface area (Å²) in [7, 11) is 0. The lowest BCUT2D eigenvalue weighted by molar-refractivity contribution is -0.145. The molecule has 222 valence electrons. The summed E-state index contributed by atoms with van der Waals surface area (Å²) < 4.78 is 43.6. The van der Waals surface area contributed by atoms with E-state index in [2.05, 4.69) is 31.0 Å². The molecule has 5 heterocycles. The van der Waals surface area contributed by atoms with Crippen LogP contribution in [-0.2, 0) is 23.9 Å². The van der Waals surface area contributed by atoms with Crippen molar-refractivity contribution in [1.29, 1.82) is 5.26 Å². The van der Waals surface area contributed by atoms with Gasteiger partial charge in [-0.3, -0.25) is 18.7 Å². The summed E-state index contributed by atoms with van der Waals surface area (Å²) in [5.41, 5.74) is 1.02. The van der Waals surface area contributed by atoms with Gasteiger partial charge in [-0.05, 0) is 30.2 Å². The number of likely N-dealkylation sites (tertiary alicyclic amines) is 1. The highest BCUT2D eigenvalue weighted by atomic mass is 19.4. The quantitative estimate of drug-likeness (QED) is 0.283. The molecule has 0 saturated carbocycles. The number of rotatable bonds is 8. The minimum atomic E-state index is -4.74. The van der Waals surface area contributed by atoms with E-state index >= 15 is 0 Å². The molecule has 12 nitrogen and oxygen atoms in total. The molecular weight excluding hydrogens is 565 g/mol. The number of halogens is 3. The molecule has 0 bridgehead atoms. The Bertz CT molecular complexity index is 1760. The van der Waals surface area contributed by atoms with Gasteiger partial charge >= 0.3 is 6.18 Å². The van der Waals surface area contributed by atoms with E-state index in [1.54, 1.807) is 29.2 Å². The fourth-order valence-corrected chi connectivity index (χ4v) is 5.51. The molecule has 1 aromatic carbocycles. The van der Waals surface area contributed by atoms with Crippen LogP contribution < -0.4 is 16.0 Å². The predicted octanol–water partition coefficient (Wildman–Crippen LogP) is 2.60. The Morgan fingerprint density at radius 1 is 1.21 bits per heavy atom. The molecule has 2 amide bonds. The molecule has 2 aliphatic rings. The second-order valence-corrected chi connectivity index (χ2v) is 10.7. The molecule has 2 fully saturated rings. The first-order chi connectivity index (χ1) is 20.6. The summed E-state index contributed by atoms with van der Waals surface area (Å²) in [6.45, 7) is 4.75. The van der Waals surface area contributed by atoms with Crippen LogP contribution in [0.2, 0.25) is 0 Å². The number of nitrogens with zero attached hydrogens (tertiary/aromatic N) is 7. The first kappa shape index (κ1) is 28.2. The summed E-state index contributed by atoms with van der Waals surface area (Å²) in [5, 5.41) is 21.6. The number of nitrogens with one attached hydrogen (secondary N) is 3. The van der Waals surface area contributed by atoms with Crippen LogP contribution in [0.5, 0.6) is 0 Å². The lowest BCUT2D eigenvalue weighted by Gasteiger charge is -2.56. The Balaban J connectivity index is 1.19. The summed E-state index contributed by atoms with van der Waals surface area (Å²) in [4.78, 5) is 35.8. The van der Waals surface area contributed by atoms with Crippen LogP contribution in [0.3, 0.4) is 0 Å². The van der Waals surface area contributed by atoms with Gasteiger partial charge in [-0.2, -0.15) is 23.5 Å². The van der Waals surface area contributed by atoms with Gasteiger partial charge in [0, 0.05) is 61.4 Å². The summed E-state index contributed by atoms with van der Waals surface area (Å²) in [6, 6.07) is 6.90. The van der Waals surface area contributed by atoms with Gasteiger partial charge in [-0.1, -0.05) is 6.92 Å². The molecule has 15 heteroatoms. The van der Waals surface area contributed by atoms with Crippen LogP contribution in [0.15, 0.2) is 43.0 Å². The number of aromatic nitrogens is 5. The van der Waals surface area contributed by atoms with Gasteiger partial charge < -0.3 is 20.9 Å². The van der Waals surface area contributed by atoms with Crippen LogP contribution in [0.25, 0.3) is 16.9 Å². The molecule has 0 atom stereocenters. The van der Waals surface area contributed by atoms with E-state index in [0.29, 0.717) is 30.8 Å². The third kappa shape index (κ3) is 5.25. The number of anilines is 2. The van der Waals surface area contributed by atoms with Crippen molar-refractivity contribution < 1.29 is 22.8 Å². The molecule has 2 saturated heterocycles. The van der Waals surface area contributed by atoms with E-state index < -0.39 is 11.9 Å². The second kappa shape index (κ2) is 10.7. The molecule has 2 aliphatic heterocycles. The number of imidazole rings is 1. The Kier molecular flexibility index (Phi) is 7.01. The van der Waals surface area contributed by atoms with E-state index in [-0.39, 0.29) is 53.0 Å². The molecule has 0 unspecified atom stereocenters. The smallest absolute Gasteiger partial charge is 0.343 e. The number of aryl methyl sites for hydroxylation is 1. The van der Waals surface area contributed by atoms with Gasteiger partial charge in [0.25, 0.3) is 5.91 Å². The van der Waals surface area contributed by atoms with Crippen molar-refractivity contribution >= 4 is 29.0 Å². The van der Waals surface area contributed by atoms with E-state index in [0.717, 1.165) is 23.3 Å². The van der Waals surface area contributed by atoms with Crippen molar-refractivity contribution in [2.24, 2.45) is 5.41 Å². The van der Waals surface area contributed by atoms with Crippen LogP contribution in [0, 0.1) is 16.7 Å². The Hall–Kier alpha value is -4.97. The van der Waals surface area contributed by atoms with Crippen LogP contribution in [0.1, 0.15) is 28.5 Å². The average Bonchev–Trinajstić information content (AvgIpc) is 3.55. The maximum absolute atomic E-state index is 13.7.